The molecular formula is C27H44O. The molecule has 0 unspecified atom stereocenters. The van der Waals surface area contributed by atoms with Crippen molar-refractivity contribution in [2.24, 2.45) is 46.3 Å². The van der Waals surface area contributed by atoms with Gasteiger partial charge in [-0.05, 0) is 118 Å². The van der Waals surface area contributed by atoms with Crippen LogP contribution >= 0.6 is 0 Å². The molecule has 158 valence electrons. The van der Waals surface area contributed by atoms with Gasteiger partial charge in [0.05, 0.1) is 6.10 Å². The van der Waals surface area contributed by atoms with Crippen LogP contribution in [0.25, 0.3) is 0 Å². The van der Waals surface area contributed by atoms with Gasteiger partial charge in [0.25, 0.3) is 0 Å². The van der Waals surface area contributed by atoms with Crippen molar-refractivity contribution in [3.8, 4) is 0 Å². The summed E-state index contributed by atoms with van der Waals surface area (Å²) in [5.74, 6) is 5.16. The van der Waals surface area contributed by atoms with Crippen LogP contribution in [0.1, 0.15) is 92.4 Å². The predicted octanol–water partition coefficient (Wildman–Crippen LogP) is 7.16. The number of hydrogen-bond donors (Lipinski definition) is 1. The topological polar surface area (TPSA) is 20.2 Å². The molecule has 1 nitrogen and oxygen atoms in total. The summed E-state index contributed by atoms with van der Waals surface area (Å²) in [4.78, 5) is 0. The van der Waals surface area contributed by atoms with Crippen LogP contribution in [0.4, 0.5) is 0 Å². The fourth-order valence-electron chi connectivity index (χ4n) is 8.70. The van der Waals surface area contributed by atoms with E-state index in [4.69, 9.17) is 0 Å². The predicted molar refractivity (Wildman–Crippen MR) is 119 cm³/mol. The van der Waals surface area contributed by atoms with E-state index in [1.165, 1.54) is 50.5 Å². The van der Waals surface area contributed by atoms with Crippen LogP contribution in [0.3, 0.4) is 0 Å². The first-order valence-corrected chi connectivity index (χ1v) is 12.3. The molecule has 0 amide bonds. The van der Waals surface area contributed by atoms with Gasteiger partial charge in [0.1, 0.15) is 0 Å². The third kappa shape index (κ3) is 3.34. The molecule has 9 atom stereocenters. The Kier molecular flexibility index (Phi) is 5.62. The third-order valence-corrected chi connectivity index (χ3v) is 10.2. The van der Waals surface area contributed by atoms with Gasteiger partial charge in [-0.1, -0.05) is 44.6 Å². The Balaban J connectivity index is 1.52. The summed E-state index contributed by atoms with van der Waals surface area (Å²) in [6, 6.07) is 0. The number of hydrogen-bond acceptors (Lipinski definition) is 1. The van der Waals surface area contributed by atoms with Gasteiger partial charge >= 0.3 is 0 Å². The maximum absolute atomic E-state index is 10.2. The zero-order valence-corrected chi connectivity index (χ0v) is 19.1. The molecule has 0 bridgehead atoms. The fraction of sp³-hybridized carbons (Fsp3) is 0.852. The van der Waals surface area contributed by atoms with E-state index in [9.17, 15) is 5.11 Å². The largest absolute Gasteiger partial charge is 0.393 e. The molecule has 0 aliphatic heterocycles. The SMILES string of the molecule is CC(C)=C/C=C/[C@@H](C)[C@H]1CC[C@H]2[C@@H]3CC[C@H]4C[C@@H](O)CC[C@]4(C)[C@@H]3CC[C@]12C. The third-order valence-electron chi connectivity index (χ3n) is 10.2. The zero-order valence-electron chi connectivity index (χ0n) is 19.1. The summed E-state index contributed by atoms with van der Waals surface area (Å²) in [5, 5.41) is 10.2. The molecule has 28 heavy (non-hydrogen) atoms. The van der Waals surface area contributed by atoms with E-state index in [-0.39, 0.29) is 6.10 Å². The van der Waals surface area contributed by atoms with Gasteiger partial charge in [-0.3, -0.25) is 0 Å². The fourth-order valence-corrected chi connectivity index (χ4v) is 8.70. The van der Waals surface area contributed by atoms with Crippen LogP contribution in [0, 0.1) is 46.3 Å². The van der Waals surface area contributed by atoms with Crippen molar-refractivity contribution in [2.45, 2.75) is 98.5 Å². The molecule has 4 aliphatic carbocycles. The van der Waals surface area contributed by atoms with Crippen molar-refractivity contribution in [1.29, 1.82) is 0 Å². The molecule has 0 radical (unpaired) electrons. The maximum Gasteiger partial charge on any atom is 0.0543 e. The molecule has 1 N–H and O–H groups in total. The van der Waals surface area contributed by atoms with Crippen molar-refractivity contribution in [1.82, 2.24) is 0 Å². The second-order valence-electron chi connectivity index (χ2n) is 11.8. The molecular weight excluding hydrogens is 340 g/mol. The summed E-state index contributed by atoms with van der Waals surface area (Å²) >= 11 is 0. The number of aliphatic hydroxyl groups excluding tert-OH is 1. The van der Waals surface area contributed by atoms with Crippen LogP contribution in [0.15, 0.2) is 23.8 Å². The molecule has 0 saturated heterocycles. The minimum absolute atomic E-state index is 0.0206. The first kappa shape index (κ1) is 20.7. The van der Waals surface area contributed by atoms with Crippen molar-refractivity contribution in [2.75, 3.05) is 0 Å². The molecule has 1 heteroatoms. The quantitative estimate of drug-likeness (QED) is 0.512. The second-order valence-corrected chi connectivity index (χ2v) is 11.8. The highest BCUT2D eigenvalue weighted by molar-refractivity contribution is 5.14. The highest BCUT2D eigenvalue weighted by atomic mass is 16.3. The Morgan fingerprint density at radius 2 is 1.64 bits per heavy atom. The van der Waals surface area contributed by atoms with Crippen LogP contribution in [-0.4, -0.2) is 11.2 Å². The highest BCUT2D eigenvalue weighted by Crippen LogP contribution is 2.68. The molecule has 4 fully saturated rings. The van der Waals surface area contributed by atoms with Gasteiger partial charge in [0.15, 0.2) is 0 Å². The number of rotatable bonds is 3. The highest BCUT2D eigenvalue weighted by Gasteiger charge is 2.60. The monoisotopic (exact) mass is 384 g/mol. The van der Waals surface area contributed by atoms with E-state index in [1.54, 1.807) is 0 Å². The molecule has 4 saturated carbocycles. The summed E-state index contributed by atoms with van der Waals surface area (Å²) in [7, 11) is 0. The van der Waals surface area contributed by atoms with Gasteiger partial charge in [0, 0.05) is 0 Å². The van der Waals surface area contributed by atoms with E-state index < -0.39 is 0 Å². The first-order valence-electron chi connectivity index (χ1n) is 12.3. The summed E-state index contributed by atoms with van der Waals surface area (Å²) < 4.78 is 0. The van der Waals surface area contributed by atoms with Crippen molar-refractivity contribution < 1.29 is 5.11 Å². The summed E-state index contributed by atoms with van der Waals surface area (Å²) in [5.41, 5.74) is 2.45. The molecule has 0 aromatic heterocycles. The van der Waals surface area contributed by atoms with Crippen molar-refractivity contribution in [3.63, 3.8) is 0 Å². The Morgan fingerprint density at radius 3 is 2.39 bits per heavy atom. The number of fused-ring (bicyclic) bond motifs is 5. The smallest absolute Gasteiger partial charge is 0.0543 e. The van der Waals surface area contributed by atoms with Gasteiger partial charge in [-0.15, -0.1) is 0 Å². The molecule has 0 aromatic carbocycles. The van der Waals surface area contributed by atoms with E-state index in [1.807, 2.05) is 0 Å². The number of allylic oxidation sites excluding steroid dienone is 4. The van der Waals surface area contributed by atoms with Crippen LogP contribution in [0.2, 0.25) is 0 Å². The van der Waals surface area contributed by atoms with Crippen molar-refractivity contribution in [3.05, 3.63) is 23.8 Å². The van der Waals surface area contributed by atoms with Gasteiger partial charge in [0.2, 0.25) is 0 Å². The molecule has 0 heterocycles. The van der Waals surface area contributed by atoms with Crippen molar-refractivity contribution >= 4 is 0 Å². The molecule has 4 rings (SSSR count). The van der Waals surface area contributed by atoms with Crippen LogP contribution < -0.4 is 0 Å². The minimum atomic E-state index is -0.0206. The van der Waals surface area contributed by atoms with Crippen LogP contribution in [-0.2, 0) is 0 Å². The lowest BCUT2D eigenvalue weighted by Gasteiger charge is -2.61. The average Bonchev–Trinajstić information content (AvgIpc) is 2.99. The Hall–Kier alpha value is -0.560. The van der Waals surface area contributed by atoms with E-state index in [0.29, 0.717) is 16.7 Å². The summed E-state index contributed by atoms with van der Waals surface area (Å²) in [6.45, 7) is 12.1. The Morgan fingerprint density at radius 1 is 0.929 bits per heavy atom. The number of aliphatic hydroxyl groups is 1. The lowest BCUT2D eigenvalue weighted by molar-refractivity contribution is -0.128. The maximum atomic E-state index is 10.2. The van der Waals surface area contributed by atoms with E-state index in [0.717, 1.165) is 42.4 Å². The zero-order chi connectivity index (χ0) is 20.1. The Labute approximate surface area is 174 Å². The summed E-state index contributed by atoms with van der Waals surface area (Å²) in [6.07, 6.45) is 19.0. The Bertz CT molecular complexity index is 628. The van der Waals surface area contributed by atoms with E-state index >= 15 is 0 Å². The van der Waals surface area contributed by atoms with Crippen LogP contribution in [0.5, 0.6) is 0 Å². The van der Waals surface area contributed by atoms with E-state index in [2.05, 4.69) is 52.8 Å². The minimum Gasteiger partial charge on any atom is -0.393 e. The molecule has 4 aliphatic rings. The second kappa shape index (κ2) is 7.60. The first-order chi connectivity index (χ1) is 13.3. The molecule has 0 aromatic rings. The average molecular weight is 385 g/mol. The standard InChI is InChI=1S/C27H44O/c1-18(2)7-6-8-19(3)23-11-12-24-22-10-9-20-17-21(28)13-15-26(20,4)25(22)14-16-27(23,24)5/h6-8,19-25,28H,9-17H2,1-5H3/b8-6+/t19-,20+,21+,22+,23-,24+,25-,26+,27-/m1/s1. The van der Waals surface area contributed by atoms with Gasteiger partial charge in [-0.2, -0.15) is 0 Å². The lowest BCUT2D eigenvalue weighted by Crippen LogP contribution is -2.54. The lowest BCUT2D eigenvalue weighted by atomic mass is 9.44. The van der Waals surface area contributed by atoms with Gasteiger partial charge < -0.3 is 5.11 Å². The van der Waals surface area contributed by atoms with Gasteiger partial charge in [-0.25, -0.2) is 0 Å². The normalized spacial score (nSPS) is 49.2. The molecule has 0 spiro atoms.